The van der Waals surface area contributed by atoms with Crippen LogP contribution >= 0.6 is 0 Å². The first-order chi connectivity index (χ1) is 10.4. The highest BCUT2D eigenvalue weighted by atomic mass is 16.4. The lowest BCUT2D eigenvalue weighted by atomic mass is 10.1. The van der Waals surface area contributed by atoms with Crippen molar-refractivity contribution in [3.63, 3.8) is 0 Å². The SMILES string of the molecule is CC(C)[C@H](NC(=O)Cn1ncc2ccccc2c1=O)C(=O)O. The van der Waals surface area contributed by atoms with Gasteiger partial charge in [-0.05, 0) is 12.0 Å². The molecule has 2 aromatic rings. The van der Waals surface area contributed by atoms with Gasteiger partial charge in [0.1, 0.15) is 12.6 Å². The molecule has 1 amide bonds. The van der Waals surface area contributed by atoms with E-state index in [9.17, 15) is 14.4 Å². The van der Waals surface area contributed by atoms with E-state index in [1.54, 1.807) is 38.1 Å². The van der Waals surface area contributed by atoms with Gasteiger partial charge in [-0.1, -0.05) is 32.0 Å². The number of benzene rings is 1. The third kappa shape index (κ3) is 3.30. The van der Waals surface area contributed by atoms with Crippen molar-refractivity contribution in [1.82, 2.24) is 15.1 Å². The fourth-order valence-corrected chi connectivity index (χ4v) is 2.11. The van der Waals surface area contributed by atoms with Crippen molar-refractivity contribution in [2.24, 2.45) is 5.92 Å². The minimum atomic E-state index is -1.11. The summed E-state index contributed by atoms with van der Waals surface area (Å²) in [6.07, 6.45) is 1.50. The average Bonchev–Trinajstić information content (AvgIpc) is 2.47. The molecule has 2 N–H and O–H groups in total. The summed E-state index contributed by atoms with van der Waals surface area (Å²) in [5, 5.41) is 16.5. The number of carbonyl (C=O) groups excluding carboxylic acids is 1. The molecule has 0 saturated heterocycles. The Morgan fingerprint density at radius 2 is 2.00 bits per heavy atom. The third-order valence-electron chi connectivity index (χ3n) is 3.30. The molecule has 22 heavy (non-hydrogen) atoms. The van der Waals surface area contributed by atoms with Crippen LogP contribution in [0.2, 0.25) is 0 Å². The van der Waals surface area contributed by atoms with Crippen molar-refractivity contribution in [2.75, 3.05) is 0 Å². The summed E-state index contributed by atoms with van der Waals surface area (Å²) in [5.74, 6) is -1.93. The van der Waals surface area contributed by atoms with Crippen LogP contribution in [0.5, 0.6) is 0 Å². The zero-order chi connectivity index (χ0) is 16.3. The number of carboxylic acids is 1. The topological polar surface area (TPSA) is 101 Å². The smallest absolute Gasteiger partial charge is 0.326 e. The predicted molar refractivity (Wildman–Crippen MR) is 80.4 cm³/mol. The standard InChI is InChI=1S/C15H17N3O4/c1-9(2)13(15(21)22)17-12(19)8-18-14(20)11-6-4-3-5-10(11)7-16-18/h3-7,9,13H,8H2,1-2H3,(H,17,19)(H,21,22)/t13-/m0/s1. The third-order valence-corrected chi connectivity index (χ3v) is 3.30. The van der Waals surface area contributed by atoms with Crippen molar-refractivity contribution in [3.8, 4) is 0 Å². The van der Waals surface area contributed by atoms with Gasteiger partial charge < -0.3 is 10.4 Å². The Bertz CT molecular complexity index is 767. The summed E-state index contributed by atoms with van der Waals surface area (Å²) >= 11 is 0. The molecule has 0 aliphatic carbocycles. The summed E-state index contributed by atoms with van der Waals surface area (Å²) in [7, 11) is 0. The van der Waals surface area contributed by atoms with Crippen LogP contribution in [0.4, 0.5) is 0 Å². The van der Waals surface area contributed by atoms with Crippen LogP contribution in [0.25, 0.3) is 10.8 Å². The van der Waals surface area contributed by atoms with Crippen LogP contribution in [-0.2, 0) is 16.1 Å². The average molecular weight is 303 g/mol. The van der Waals surface area contributed by atoms with Crippen LogP contribution in [0.3, 0.4) is 0 Å². The van der Waals surface area contributed by atoms with E-state index < -0.39 is 17.9 Å². The zero-order valence-electron chi connectivity index (χ0n) is 12.3. The highest BCUT2D eigenvalue weighted by Crippen LogP contribution is 2.06. The van der Waals surface area contributed by atoms with Crippen molar-refractivity contribution in [2.45, 2.75) is 26.4 Å². The largest absolute Gasteiger partial charge is 0.480 e. The van der Waals surface area contributed by atoms with Crippen LogP contribution < -0.4 is 10.9 Å². The summed E-state index contributed by atoms with van der Waals surface area (Å²) in [4.78, 5) is 35.2. The van der Waals surface area contributed by atoms with Gasteiger partial charge in [-0.15, -0.1) is 0 Å². The summed E-state index contributed by atoms with van der Waals surface area (Å²) < 4.78 is 1.02. The monoisotopic (exact) mass is 303 g/mol. The predicted octanol–water partition coefficient (Wildman–Crippen LogP) is 0.622. The number of fused-ring (bicyclic) bond motifs is 1. The summed E-state index contributed by atoms with van der Waals surface area (Å²) in [5.41, 5.74) is -0.385. The maximum Gasteiger partial charge on any atom is 0.326 e. The van der Waals surface area contributed by atoms with E-state index in [1.165, 1.54) is 6.20 Å². The van der Waals surface area contributed by atoms with Crippen molar-refractivity contribution in [1.29, 1.82) is 0 Å². The summed E-state index contributed by atoms with van der Waals surface area (Å²) in [6.45, 7) is 3.07. The molecule has 0 saturated carbocycles. The number of aliphatic carboxylic acids is 1. The number of carbonyl (C=O) groups is 2. The molecular weight excluding hydrogens is 286 g/mol. The molecule has 0 fully saturated rings. The number of nitrogens with zero attached hydrogens (tertiary/aromatic N) is 2. The minimum absolute atomic E-state index is 0.261. The maximum absolute atomic E-state index is 12.2. The first-order valence-electron chi connectivity index (χ1n) is 6.87. The molecule has 1 atom stereocenters. The van der Waals surface area contributed by atoms with E-state index in [0.29, 0.717) is 10.8 Å². The number of hydrogen-bond donors (Lipinski definition) is 2. The number of rotatable bonds is 5. The Kier molecular flexibility index (Phi) is 4.55. The molecule has 1 heterocycles. The number of carboxylic acid groups (broad SMARTS) is 1. The molecule has 1 aromatic heterocycles. The molecule has 0 radical (unpaired) electrons. The zero-order valence-corrected chi connectivity index (χ0v) is 12.3. The van der Waals surface area contributed by atoms with Gasteiger partial charge in [-0.3, -0.25) is 9.59 Å². The Balaban J connectivity index is 2.20. The van der Waals surface area contributed by atoms with Crippen LogP contribution in [-0.4, -0.2) is 32.8 Å². The van der Waals surface area contributed by atoms with Gasteiger partial charge in [-0.2, -0.15) is 5.10 Å². The van der Waals surface area contributed by atoms with Gasteiger partial charge in [-0.25, -0.2) is 9.48 Å². The van der Waals surface area contributed by atoms with Gasteiger partial charge in [0.2, 0.25) is 5.91 Å². The molecule has 0 aliphatic rings. The fraction of sp³-hybridized carbons (Fsp3) is 0.333. The molecule has 7 heteroatoms. The molecule has 0 aliphatic heterocycles. The van der Waals surface area contributed by atoms with Gasteiger partial charge in [0.15, 0.2) is 0 Å². The molecule has 116 valence electrons. The Hall–Kier alpha value is -2.70. The van der Waals surface area contributed by atoms with Crippen molar-refractivity contribution in [3.05, 3.63) is 40.8 Å². The molecule has 0 unspecified atom stereocenters. The lowest BCUT2D eigenvalue weighted by molar-refractivity contribution is -0.143. The first-order valence-corrected chi connectivity index (χ1v) is 6.87. The second-order valence-electron chi connectivity index (χ2n) is 5.32. The van der Waals surface area contributed by atoms with Gasteiger partial charge >= 0.3 is 5.97 Å². The van der Waals surface area contributed by atoms with Gasteiger partial charge in [0.25, 0.3) is 5.56 Å². The van der Waals surface area contributed by atoms with Crippen molar-refractivity contribution < 1.29 is 14.7 Å². The second-order valence-corrected chi connectivity index (χ2v) is 5.32. The quantitative estimate of drug-likeness (QED) is 0.843. The molecule has 0 spiro atoms. The van der Waals surface area contributed by atoms with Crippen LogP contribution in [0.1, 0.15) is 13.8 Å². The lowest BCUT2D eigenvalue weighted by Gasteiger charge is -2.18. The maximum atomic E-state index is 12.2. The Labute approximate surface area is 126 Å². The number of amides is 1. The van der Waals surface area contributed by atoms with Gasteiger partial charge in [0.05, 0.1) is 11.6 Å². The van der Waals surface area contributed by atoms with E-state index in [4.69, 9.17) is 5.11 Å². The van der Waals surface area contributed by atoms with Crippen molar-refractivity contribution >= 4 is 22.6 Å². The molecule has 7 nitrogen and oxygen atoms in total. The van der Waals surface area contributed by atoms with Crippen LogP contribution in [0, 0.1) is 5.92 Å². The number of aromatic nitrogens is 2. The Morgan fingerprint density at radius 1 is 1.32 bits per heavy atom. The first kappa shape index (κ1) is 15.7. The van der Waals surface area contributed by atoms with E-state index in [-0.39, 0.29) is 18.0 Å². The normalized spacial score (nSPS) is 12.3. The van der Waals surface area contributed by atoms with E-state index in [2.05, 4.69) is 10.4 Å². The molecule has 2 rings (SSSR count). The highest BCUT2D eigenvalue weighted by molar-refractivity contribution is 5.84. The number of nitrogens with one attached hydrogen (secondary N) is 1. The minimum Gasteiger partial charge on any atom is -0.480 e. The van der Waals surface area contributed by atoms with E-state index in [0.717, 1.165) is 4.68 Å². The van der Waals surface area contributed by atoms with E-state index >= 15 is 0 Å². The molecule has 0 bridgehead atoms. The summed E-state index contributed by atoms with van der Waals surface area (Å²) in [6, 6.07) is 5.94. The van der Waals surface area contributed by atoms with E-state index in [1.807, 2.05) is 0 Å². The highest BCUT2D eigenvalue weighted by Gasteiger charge is 2.23. The Morgan fingerprint density at radius 3 is 2.64 bits per heavy atom. The molecular formula is C15H17N3O4. The fourth-order valence-electron chi connectivity index (χ4n) is 2.11. The number of hydrogen-bond acceptors (Lipinski definition) is 4. The van der Waals surface area contributed by atoms with Crippen LogP contribution in [0.15, 0.2) is 35.3 Å². The lowest BCUT2D eigenvalue weighted by Crippen LogP contribution is -2.46. The van der Waals surface area contributed by atoms with Gasteiger partial charge in [0, 0.05) is 5.39 Å². The second kappa shape index (κ2) is 6.38. The molecule has 1 aromatic carbocycles.